The van der Waals surface area contributed by atoms with Crippen LogP contribution in [0.4, 0.5) is 0 Å². The Morgan fingerprint density at radius 3 is 2.05 bits per heavy atom. The molecule has 0 amide bonds. The van der Waals surface area contributed by atoms with E-state index in [1.807, 2.05) is 11.3 Å². The lowest BCUT2D eigenvalue weighted by Gasteiger charge is -2.14. The smallest absolute Gasteiger partial charge is 0.0555 e. The Labute approximate surface area is 228 Å². The number of hydrogen-bond donors (Lipinski definition) is 1. The highest BCUT2D eigenvalue weighted by atomic mass is 32.1. The predicted octanol–water partition coefficient (Wildman–Crippen LogP) is 10.5. The normalized spacial score (nSPS) is 12.1. The minimum atomic E-state index is 1.19. The Kier molecular flexibility index (Phi) is 4.24. The number of thiophene rings is 1. The summed E-state index contributed by atoms with van der Waals surface area (Å²) >= 11 is 1.88. The van der Waals surface area contributed by atoms with E-state index in [4.69, 9.17) is 0 Å². The molecule has 0 bridgehead atoms. The zero-order valence-electron chi connectivity index (χ0n) is 21.0. The molecule has 0 unspecified atom stereocenters. The molecule has 0 radical (unpaired) electrons. The van der Waals surface area contributed by atoms with Crippen molar-refractivity contribution in [2.45, 2.75) is 0 Å². The van der Waals surface area contributed by atoms with Crippen molar-refractivity contribution < 1.29 is 0 Å². The van der Waals surface area contributed by atoms with Crippen LogP contribution in [0.3, 0.4) is 0 Å². The fourth-order valence-corrected chi connectivity index (χ4v) is 7.51. The van der Waals surface area contributed by atoms with Crippen LogP contribution >= 0.6 is 11.3 Å². The molecule has 0 atom stereocenters. The van der Waals surface area contributed by atoms with Crippen LogP contribution in [0.1, 0.15) is 0 Å². The molecule has 0 fully saturated rings. The van der Waals surface area contributed by atoms with Gasteiger partial charge in [-0.2, -0.15) is 0 Å². The van der Waals surface area contributed by atoms with Gasteiger partial charge in [-0.25, -0.2) is 0 Å². The molecule has 0 aliphatic carbocycles. The molecule has 3 heterocycles. The molecule has 1 N–H and O–H groups in total. The minimum Gasteiger partial charge on any atom is -0.354 e. The van der Waals surface area contributed by atoms with Crippen molar-refractivity contribution in [3.63, 3.8) is 0 Å². The topological polar surface area (TPSA) is 20.7 Å². The van der Waals surface area contributed by atoms with Crippen LogP contribution in [-0.2, 0) is 0 Å². The largest absolute Gasteiger partial charge is 0.354 e. The first-order valence-corrected chi connectivity index (χ1v) is 14.1. The van der Waals surface area contributed by atoms with Gasteiger partial charge in [-0.15, -0.1) is 11.3 Å². The number of hydrogen-bond acceptors (Lipinski definition) is 1. The number of benzene rings is 6. The molecular formula is C36H22N2S. The number of H-pyrrole nitrogens is 1. The molecule has 9 rings (SSSR count). The minimum absolute atomic E-state index is 1.19. The van der Waals surface area contributed by atoms with Gasteiger partial charge in [-0.3, -0.25) is 0 Å². The Balaban J connectivity index is 1.39. The van der Waals surface area contributed by atoms with Crippen LogP contribution in [0.25, 0.3) is 80.6 Å². The first kappa shape index (κ1) is 21.1. The van der Waals surface area contributed by atoms with Crippen molar-refractivity contribution in [3.8, 4) is 16.8 Å². The monoisotopic (exact) mass is 514 g/mol. The molecule has 0 saturated heterocycles. The third-order valence-corrected chi connectivity index (χ3v) is 9.24. The number of nitrogens with one attached hydrogen (secondary N) is 1. The lowest BCUT2D eigenvalue weighted by molar-refractivity contribution is 1.18. The lowest BCUT2D eigenvalue weighted by atomic mass is 10.0. The molecular weight excluding hydrogens is 492 g/mol. The summed E-state index contributed by atoms with van der Waals surface area (Å²) in [6, 6.07) is 46.4. The van der Waals surface area contributed by atoms with Gasteiger partial charge in [0.2, 0.25) is 0 Å². The summed E-state index contributed by atoms with van der Waals surface area (Å²) in [6.45, 7) is 0. The molecule has 3 heteroatoms. The Morgan fingerprint density at radius 2 is 1.15 bits per heavy atom. The van der Waals surface area contributed by atoms with Crippen molar-refractivity contribution in [1.82, 2.24) is 9.55 Å². The number of rotatable bonds is 2. The number of fused-ring (bicyclic) bond motifs is 9. The third-order valence-electron chi connectivity index (χ3n) is 8.12. The summed E-state index contributed by atoms with van der Waals surface area (Å²) in [6.07, 6.45) is 0. The van der Waals surface area contributed by atoms with E-state index in [9.17, 15) is 0 Å². The molecule has 0 aliphatic rings. The fourth-order valence-electron chi connectivity index (χ4n) is 6.37. The predicted molar refractivity (Wildman–Crippen MR) is 168 cm³/mol. The molecule has 0 saturated carbocycles. The van der Waals surface area contributed by atoms with Crippen LogP contribution in [0.2, 0.25) is 0 Å². The quantitative estimate of drug-likeness (QED) is 0.237. The SMILES string of the molecule is c1ccc(-c2ccccc2-n2c3ccccc3c3cc4c(cc32)sc2cc3[nH]c5ccccc5c3cc24)cc1. The molecule has 6 aromatic carbocycles. The van der Waals surface area contributed by atoms with Gasteiger partial charge in [-0.05, 0) is 48.0 Å². The Morgan fingerprint density at radius 1 is 0.462 bits per heavy atom. The van der Waals surface area contributed by atoms with Gasteiger partial charge in [-0.1, -0.05) is 84.9 Å². The van der Waals surface area contributed by atoms with Crippen LogP contribution < -0.4 is 0 Å². The van der Waals surface area contributed by atoms with Gasteiger partial charge < -0.3 is 9.55 Å². The molecule has 182 valence electrons. The molecule has 9 aromatic rings. The molecule has 2 nitrogen and oxygen atoms in total. The highest BCUT2D eigenvalue weighted by Crippen LogP contribution is 2.43. The van der Waals surface area contributed by atoms with Gasteiger partial charge in [0.25, 0.3) is 0 Å². The van der Waals surface area contributed by atoms with Gasteiger partial charge in [0.15, 0.2) is 0 Å². The van der Waals surface area contributed by atoms with Crippen LogP contribution in [0, 0.1) is 0 Å². The first-order valence-electron chi connectivity index (χ1n) is 13.3. The zero-order chi connectivity index (χ0) is 25.5. The van der Waals surface area contributed by atoms with Crippen molar-refractivity contribution in [2.24, 2.45) is 0 Å². The average Bonchev–Trinajstić information content (AvgIpc) is 3.63. The number of para-hydroxylation sites is 3. The van der Waals surface area contributed by atoms with Crippen molar-refractivity contribution in [3.05, 3.63) is 127 Å². The van der Waals surface area contributed by atoms with Crippen molar-refractivity contribution >= 4 is 75.1 Å². The van der Waals surface area contributed by atoms with Crippen LogP contribution in [-0.4, -0.2) is 9.55 Å². The molecule has 39 heavy (non-hydrogen) atoms. The van der Waals surface area contributed by atoms with E-state index in [0.717, 1.165) is 0 Å². The van der Waals surface area contributed by atoms with E-state index in [0.29, 0.717) is 0 Å². The second-order valence-electron chi connectivity index (χ2n) is 10.3. The van der Waals surface area contributed by atoms with Gasteiger partial charge in [0.05, 0.1) is 16.7 Å². The summed E-state index contributed by atoms with van der Waals surface area (Å²) in [7, 11) is 0. The first-order chi connectivity index (χ1) is 19.3. The number of nitrogens with zero attached hydrogens (tertiary/aromatic N) is 1. The van der Waals surface area contributed by atoms with E-state index >= 15 is 0 Å². The second-order valence-corrected chi connectivity index (χ2v) is 11.4. The van der Waals surface area contributed by atoms with Crippen LogP contribution in [0.15, 0.2) is 127 Å². The Bertz CT molecular complexity index is 2390. The lowest BCUT2D eigenvalue weighted by Crippen LogP contribution is -1.96. The third kappa shape index (κ3) is 2.96. The molecule has 0 spiro atoms. The maximum absolute atomic E-state index is 3.62. The second kappa shape index (κ2) is 7.83. The molecule has 3 aromatic heterocycles. The average molecular weight is 515 g/mol. The fraction of sp³-hybridized carbons (Fsp3) is 0. The van der Waals surface area contributed by atoms with Gasteiger partial charge >= 0.3 is 0 Å². The van der Waals surface area contributed by atoms with E-state index in [1.54, 1.807) is 0 Å². The summed E-state index contributed by atoms with van der Waals surface area (Å²) in [4.78, 5) is 3.62. The van der Waals surface area contributed by atoms with E-state index in [1.165, 1.54) is 80.6 Å². The van der Waals surface area contributed by atoms with Crippen molar-refractivity contribution in [1.29, 1.82) is 0 Å². The maximum Gasteiger partial charge on any atom is 0.0555 e. The number of aromatic nitrogens is 2. The highest BCUT2D eigenvalue weighted by molar-refractivity contribution is 7.26. The van der Waals surface area contributed by atoms with E-state index in [2.05, 4.69) is 137 Å². The summed E-state index contributed by atoms with van der Waals surface area (Å²) < 4.78 is 5.09. The maximum atomic E-state index is 3.62. The van der Waals surface area contributed by atoms with E-state index in [-0.39, 0.29) is 0 Å². The standard InChI is InChI=1S/C36H22N2S/c1-2-10-22(11-3-1)23-12-5-8-16-32(23)38-33-17-9-6-14-25(33)27-19-29-28-18-26-24-13-4-7-15-30(24)37-31(26)20-35(28)39-36(29)21-34(27)38/h1-21,37H. The highest BCUT2D eigenvalue weighted by Gasteiger charge is 2.18. The van der Waals surface area contributed by atoms with Crippen LogP contribution in [0.5, 0.6) is 0 Å². The number of aromatic amines is 1. The van der Waals surface area contributed by atoms with Gasteiger partial charge in [0.1, 0.15) is 0 Å². The van der Waals surface area contributed by atoms with Gasteiger partial charge in [0, 0.05) is 58.3 Å². The molecule has 0 aliphatic heterocycles. The summed E-state index contributed by atoms with van der Waals surface area (Å²) in [5, 5.41) is 7.80. The summed E-state index contributed by atoms with van der Waals surface area (Å²) in [5.74, 6) is 0. The summed E-state index contributed by atoms with van der Waals surface area (Å²) in [5.41, 5.74) is 8.54. The van der Waals surface area contributed by atoms with Crippen molar-refractivity contribution in [2.75, 3.05) is 0 Å². The Hall–Kier alpha value is -4.86. The van der Waals surface area contributed by atoms with E-state index < -0.39 is 0 Å². The zero-order valence-corrected chi connectivity index (χ0v) is 21.8.